The normalized spacial score (nSPS) is 18.1. The summed E-state index contributed by atoms with van der Waals surface area (Å²) >= 11 is 5.95. The second-order valence-electron chi connectivity index (χ2n) is 7.30. The van der Waals surface area contributed by atoms with Gasteiger partial charge in [0.15, 0.2) is 11.6 Å². The van der Waals surface area contributed by atoms with Gasteiger partial charge in [-0.05, 0) is 48.7 Å². The largest absolute Gasteiger partial charge is 0.338 e. The smallest absolute Gasteiger partial charge is 0.254 e. The molecular formula is C21H19ClF2N2O2. The second kappa shape index (κ2) is 7.17. The highest BCUT2D eigenvalue weighted by molar-refractivity contribution is 6.30. The Morgan fingerprint density at radius 1 is 0.857 bits per heavy atom. The third-order valence-corrected chi connectivity index (χ3v) is 5.83. The molecule has 1 heterocycles. The zero-order chi connectivity index (χ0) is 19.9. The van der Waals surface area contributed by atoms with E-state index in [9.17, 15) is 18.4 Å². The Hall–Kier alpha value is -2.47. The first-order valence-electron chi connectivity index (χ1n) is 9.20. The zero-order valence-corrected chi connectivity index (χ0v) is 15.9. The molecule has 28 heavy (non-hydrogen) atoms. The van der Waals surface area contributed by atoms with Crippen LogP contribution in [0.4, 0.5) is 8.78 Å². The van der Waals surface area contributed by atoms with Crippen LogP contribution >= 0.6 is 11.6 Å². The Labute approximate surface area is 166 Å². The molecule has 0 unspecified atom stereocenters. The van der Waals surface area contributed by atoms with Crippen LogP contribution in [0.3, 0.4) is 0 Å². The molecule has 1 saturated carbocycles. The number of halogens is 3. The van der Waals surface area contributed by atoms with Crippen molar-refractivity contribution < 1.29 is 18.4 Å². The van der Waals surface area contributed by atoms with Crippen LogP contribution < -0.4 is 0 Å². The number of benzene rings is 2. The summed E-state index contributed by atoms with van der Waals surface area (Å²) in [6.45, 7) is 1.56. The highest BCUT2D eigenvalue weighted by Gasteiger charge is 2.53. The van der Waals surface area contributed by atoms with Gasteiger partial charge in [0.25, 0.3) is 5.91 Å². The molecule has 1 aliphatic heterocycles. The molecule has 2 amide bonds. The molecule has 4 nitrogen and oxygen atoms in total. The monoisotopic (exact) mass is 404 g/mol. The van der Waals surface area contributed by atoms with Gasteiger partial charge in [-0.3, -0.25) is 9.59 Å². The predicted molar refractivity (Wildman–Crippen MR) is 101 cm³/mol. The molecule has 2 aromatic carbocycles. The van der Waals surface area contributed by atoms with E-state index in [1.807, 2.05) is 12.1 Å². The van der Waals surface area contributed by atoms with E-state index in [0.29, 0.717) is 31.2 Å². The summed E-state index contributed by atoms with van der Waals surface area (Å²) in [5.74, 6) is -2.30. The molecule has 1 aliphatic carbocycles. The third kappa shape index (κ3) is 3.37. The average Bonchev–Trinajstić information content (AvgIpc) is 3.51. The molecule has 0 spiro atoms. The Bertz CT molecular complexity index is 921. The number of hydrogen-bond acceptors (Lipinski definition) is 2. The van der Waals surface area contributed by atoms with Crippen LogP contribution in [-0.2, 0) is 10.2 Å². The molecule has 4 rings (SSSR count). The average molecular weight is 405 g/mol. The molecule has 0 radical (unpaired) electrons. The van der Waals surface area contributed by atoms with Gasteiger partial charge in [0.05, 0.1) is 5.41 Å². The number of amides is 2. The minimum Gasteiger partial charge on any atom is -0.338 e. The molecule has 1 saturated heterocycles. The number of carbonyl (C=O) groups is 2. The lowest BCUT2D eigenvalue weighted by atomic mass is 9.94. The highest BCUT2D eigenvalue weighted by atomic mass is 35.5. The fourth-order valence-electron chi connectivity index (χ4n) is 3.75. The van der Waals surface area contributed by atoms with E-state index < -0.39 is 17.0 Å². The molecule has 0 N–H and O–H groups in total. The topological polar surface area (TPSA) is 40.6 Å². The summed E-state index contributed by atoms with van der Waals surface area (Å²) in [4.78, 5) is 29.0. The van der Waals surface area contributed by atoms with Gasteiger partial charge in [-0.2, -0.15) is 0 Å². The fourth-order valence-corrected chi connectivity index (χ4v) is 3.87. The lowest BCUT2D eigenvalue weighted by Gasteiger charge is -2.36. The highest BCUT2D eigenvalue weighted by Crippen LogP contribution is 2.49. The summed E-state index contributed by atoms with van der Waals surface area (Å²) < 4.78 is 26.5. The Morgan fingerprint density at radius 3 is 2.04 bits per heavy atom. The van der Waals surface area contributed by atoms with Crippen molar-refractivity contribution in [3.8, 4) is 0 Å². The lowest BCUT2D eigenvalue weighted by Crippen LogP contribution is -2.53. The van der Waals surface area contributed by atoms with Gasteiger partial charge in [-0.25, -0.2) is 8.78 Å². The quantitative estimate of drug-likeness (QED) is 0.783. The molecule has 146 valence electrons. The zero-order valence-electron chi connectivity index (χ0n) is 15.1. The fraction of sp³-hybridized carbons (Fsp3) is 0.333. The number of carbonyl (C=O) groups excluding carboxylic acids is 2. The summed E-state index contributed by atoms with van der Waals surface area (Å²) in [5, 5.41) is 0.636. The van der Waals surface area contributed by atoms with Crippen molar-refractivity contribution in [2.75, 3.05) is 26.2 Å². The Morgan fingerprint density at radius 2 is 1.46 bits per heavy atom. The van der Waals surface area contributed by atoms with Crippen molar-refractivity contribution in [2.45, 2.75) is 18.3 Å². The Kier molecular flexibility index (Phi) is 4.83. The van der Waals surface area contributed by atoms with Gasteiger partial charge >= 0.3 is 0 Å². The summed E-state index contributed by atoms with van der Waals surface area (Å²) in [6.07, 6.45) is 1.61. The van der Waals surface area contributed by atoms with Gasteiger partial charge in [0.1, 0.15) is 0 Å². The van der Waals surface area contributed by atoms with Crippen molar-refractivity contribution >= 4 is 23.4 Å². The molecule has 2 aromatic rings. The van der Waals surface area contributed by atoms with Gasteiger partial charge in [-0.1, -0.05) is 23.7 Å². The van der Waals surface area contributed by atoms with Crippen LogP contribution in [0.2, 0.25) is 5.02 Å². The first-order valence-corrected chi connectivity index (χ1v) is 9.58. The molecule has 2 fully saturated rings. The molecular weight excluding hydrogens is 386 g/mol. The number of hydrogen-bond donors (Lipinski definition) is 0. The van der Waals surface area contributed by atoms with Gasteiger partial charge < -0.3 is 9.80 Å². The first kappa shape index (κ1) is 18.9. The summed E-state index contributed by atoms with van der Waals surface area (Å²) in [5.41, 5.74) is 0.609. The SMILES string of the molecule is O=C(c1ccc(F)c(F)c1)N1CCN(C(=O)C2(c3ccc(Cl)cc3)CC2)CC1. The van der Waals surface area contributed by atoms with Crippen molar-refractivity contribution in [3.63, 3.8) is 0 Å². The minimum atomic E-state index is -1.04. The van der Waals surface area contributed by atoms with Crippen LogP contribution in [0.1, 0.15) is 28.8 Å². The summed E-state index contributed by atoms with van der Waals surface area (Å²) in [6, 6.07) is 10.5. The van der Waals surface area contributed by atoms with E-state index in [2.05, 4.69) is 0 Å². The predicted octanol–water partition coefficient (Wildman–Crippen LogP) is 3.63. The Balaban J connectivity index is 1.41. The van der Waals surface area contributed by atoms with Crippen LogP contribution in [0.5, 0.6) is 0 Å². The van der Waals surface area contributed by atoms with E-state index in [1.165, 1.54) is 6.07 Å². The number of piperazine rings is 1. The van der Waals surface area contributed by atoms with Gasteiger partial charge in [-0.15, -0.1) is 0 Å². The van der Waals surface area contributed by atoms with E-state index in [1.54, 1.807) is 21.9 Å². The third-order valence-electron chi connectivity index (χ3n) is 5.58. The maximum absolute atomic E-state index is 13.4. The number of nitrogens with zero attached hydrogens (tertiary/aromatic N) is 2. The number of rotatable bonds is 3. The standard InChI is InChI=1S/C21H19ClF2N2O2/c22-16-4-2-15(3-5-16)21(7-8-21)20(28)26-11-9-25(10-12-26)19(27)14-1-6-17(23)18(24)13-14/h1-6,13H,7-12H2. The first-order chi connectivity index (χ1) is 13.4. The molecule has 0 atom stereocenters. The molecule has 2 aliphatic rings. The molecule has 0 bridgehead atoms. The second-order valence-corrected chi connectivity index (χ2v) is 7.74. The minimum absolute atomic E-state index is 0.0785. The maximum atomic E-state index is 13.4. The van der Waals surface area contributed by atoms with Crippen molar-refractivity contribution in [1.29, 1.82) is 0 Å². The van der Waals surface area contributed by atoms with Crippen molar-refractivity contribution in [3.05, 3.63) is 70.2 Å². The van der Waals surface area contributed by atoms with Crippen LogP contribution in [0, 0.1) is 11.6 Å². The van der Waals surface area contributed by atoms with E-state index in [-0.39, 0.29) is 17.4 Å². The van der Waals surface area contributed by atoms with Crippen LogP contribution in [0.15, 0.2) is 42.5 Å². The van der Waals surface area contributed by atoms with E-state index in [4.69, 9.17) is 11.6 Å². The summed E-state index contributed by atoms with van der Waals surface area (Å²) in [7, 11) is 0. The van der Waals surface area contributed by atoms with Gasteiger partial charge in [0, 0.05) is 36.8 Å². The van der Waals surface area contributed by atoms with Crippen molar-refractivity contribution in [1.82, 2.24) is 9.80 Å². The van der Waals surface area contributed by atoms with E-state index in [0.717, 1.165) is 30.5 Å². The lowest BCUT2D eigenvalue weighted by molar-refractivity contribution is -0.135. The van der Waals surface area contributed by atoms with E-state index >= 15 is 0 Å². The van der Waals surface area contributed by atoms with Gasteiger partial charge in [0.2, 0.25) is 5.91 Å². The molecule has 0 aromatic heterocycles. The maximum Gasteiger partial charge on any atom is 0.254 e. The van der Waals surface area contributed by atoms with Crippen molar-refractivity contribution in [2.24, 2.45) is 0 Å². The van der Waals surface area contributed by atoms with Crippen LogP contribution in [-0.4, -0.2) is 47.8 Å². The van der Waals surface area contributed by atoms with Crippen LogP contribution in [0.25, 0.3) is 0 Å². The molecule has 7 heteroatoms.